The van der Waals surface area contributed by atoms with Gasteiger partial charge < -0.3 is 10.6 Å². The number of hydrogen-bond donors (Lipinski definition) is 2. The van der Waals surface area contributed by atoms with Crippen molar-refractivity contribution in [3.05, 3.63) is 57.4 Å². The molecule has 0 radical (unpaired) electrons. The first-order chi connectivity index (χ1) is 12.0. The molecular formula is C17H21N5O3. The summed E-state index contributed by atoms with van der Waals surface area (Å²) in [4.78, 5) is 22.8. The molecule has 0 bridgehead atoms. The van der Waals surface area contributed by atoms with Gasteiger partial charge in [0.2, 0.25) is 0 Å². The Morgan fingerprint density at radius 1 is 1.48 bits per heavy atom. The van der Waals surface area contributed by atoms with Gasteiger partial charge in [-0.1, -0.05) is 12.1 Å². The number of nitrogens with one attached hydrogen (secondary N) is 2. The molecular weight excluding hydrogens is 322 g/mol. The second-order valence-corrected chi connectivity index (χ2v) is 6.31. The molecule has 25 heavy (non-hydrogen) atoms. The molecule has 0 fully saturated rings. The number of hydrogen-bond acceptors (Lipinski definition) is 4. The van der Waals surface area contributed by atoms with Crippen LogP contribution in [0.5, 0.6) is 0 Å². The molecule has 1 aliphatic rings. The van der Waals surface area contributed by atoms with Crippen molar-refractivity contribution in [2.75, 3.05) is 0 Å². The fraction of sp³-hybridized carbons (Fsp3) is 0.412. The van der Waals surface area contributed by atoms with E-state index in [9.17, 15) is 14.9 Å². The van der Waals surface area contributed by atoms with Crippen LogP contribution in [0.25, 0.3) is 0 Å². The van der Waals surface area contributed by atoms with Crippen LogP contribution < -0.4 is 10.6 Å². The Balaban J connectivity index is 1.65. The number of non-ortho nitro benzene ring substituents is 1. The van der Waals surface area contributed by atoms with Gasteiger partial charge in [-0.05, 0) is 31.7 Å². The summed E-state index contributed by atoms with van der Waals surface area (Å²) in [6.07, 6.45) is 4.65. The number of rotatable bonds is 4. The van der Waals surface area contributed by atoms with Crippen molar-refractivity contribution in [3.8, 4) is 0 Å². The molecule has 0 aliphatic heterocycles. The minimum absolute atomic E-state index is 0.0128. The third kappa shape index (κ3) is 3.62. The largest absolute Gasteiger partial charge is 0.332 e. The predicted molar refractivity (Wildman–Crippen MR) is 92.1 cm³/mol. The van der Waals surface area contributed by atoms with Crippen LogP contribution >= 0.6 is 0 Å². The second-order valence-electron chi connectivity index (χ2n) is 6.31. The predicted octanol–water partition coefficient (Wildman–Crippen LogP) is 2.77. The highest BCUT2D eigenvalue weighted by Gasteiger charge is 2.25. The third-order valence-electron chi connectivity index (χ3n) is 4.61. The standard InChI is InChI=1S/C17H21N5O3/c1-11(12-5-3-6-13(9-12)22(24)25)19-17(23)20-15-7-4-8-16-14(15)10-18-21(16)2/h3,5-6,9-11,15H,4,7-8H2,1-2H3,(H2,19,20,23). The molecule has 0 saturated carbocycles. The summed E-state index contributed by atoms with van der Waals surface area (Å²) in [6.45, 7) is 1.80. The number of nitrogens with zero attached hydrogens (tertiary/aromatic N) is 3. The number of benzene rings is 1. The molecule has 132 valence electrons. The van der Waals surface area contributed by atoms with E-state index in [0.717, 1.165) is 30.5 Å². The van der Waals surface area contributed by atoms with Gasteiger partial charge in [0.05, 0.1) is 23.2 Å². The Hall–Kier alpha value is -2.90. The number of amides is 2. The molecule has 1 aromatic carbocycles. The van der Waals surface area contributed by atoms with Crippen LogP contribution in [0.2, 0.25) is 0 Å². The summed E-state index contributed by atoms with van der Waals surface area (Å²) in [5, 5.41) is 21.0. The van der Waals surface area contributed by atoms with E-state index in [4.69, 9.17) is 0 Å². The van der Waals surface area contributed by atoms with Gasteiger partial charge in [-0.2, -0.15) is 5.10 Å². The fourth-order valence-electron chi connectivity index (χ4n) is 3.24. The van der Waals surface area contributed by atoms with E-state index in [1.54, 1.807) is 19.1 Å². The van der Waals surface area contributed by atoms with E-state index in [1.807, 2.05) is 17.9 Å². The molecule has 2 N–H and O–H groups in total. The molecule has 2 aromatic rings. The topological polar surface area (TPSA) is 102 Å². The lowest BCUT2D eigenvalue weighted by Gasteiger charge is -2.25. The zero-order valence-corrected chi connectivity index (χ0v) is 14.2. The molecule has 1 aromatic heterocycles. The van der Waals surface area contributed by atoms with Crippen molar-refractivity contribution < 1.29 is 9.72 Å². The maximum absolute atomic E-state index is 12.3. The van der Waals surface area contributed by atoms with Crippen molar-refractivity contribution >= 4 is 11.7 Å². The van der Waals surface area contributed by atoms with Gasteiger partial charge in [0.1, 0.15) is 0 Å². The molecule has 1 aliphatic carbocycles. The normalized spacial score (nSPS) is 17.4. The van der Waals surface area contributed by atoms with E-state index in [1.165, 1.54) is 12.1 Å². The summed E-state index contributed by atoms with van der Waals surface area (Å²) in [5.74, 6) is 0. The number of nitro benzene ring substituents is 1. The summed E-state index contributed by atoms with van der Waals surface area (Å²) in [7, 11) is 1.91. The first-order valence-corrected chi connectivity index (χ1v) is 8.28. The number of carbonyl (C=O) groups is 1. The molecule has 8 nitrogen and oxygen atoms in total. The first-order valence-electron chi connectivity index (χ1n) is 8.28. The van der Waals surface area contributed by atoms with Gasteiger partial charge in [-0.15, -0.1) is 0 Å². The highest BCUT2D eigenvalue weighted by Crippen LogP contribution is 2.29. The van der Waals surface area contributed by atoms with Crippen LogP contribution in [0.4, 0.5) is 10.5 Å². The molecule has 8 heteroatoms. The lowest BCUT2D eigenvalue weighted by atomic mass is 9.93. The highest BCUT2D eigenvalue weighted by atomic mass is 16.6. The van der Waals surface area contributed by atoms with Crippen molar-refractivity contribution in [2.24, 2.45) is 7.05 Å². The number of urea groups is 1. The van der Waals surface area contributed by atoms with Gasteiger partial charge in [-0.3, -0.25) is 14.8 Å². The SMILES string of the molecule is CC(NC(=O)NC1CCCc2c1cnn2C)c1cccc([N+](=O)[O-])c1. The van der Waals surface area contributed by atoms with Crippen LogP contribution in [0.1, 0.15) is 48.7 Å². The smallest absolute Gasteiger partial charge is 0.315 e. The average Bonchev–Trinajstić information content (AvgIpc) is 2.97. The molecule has 0 saturated heterocycles. The Morgan fingerprint density at radius 3 is 3.04 bits per heavy atom. The zero-order chi connectivity index (χ0) is 18.0. The van der Waals surface area contributed by atoms with Crippen LogP contribution in [-0.4, -0.2) is 20.7 Å². The molecule has 2 unspecified atom stereocenters. The molecule has 2 amide bonds. The number of aryl methyl sites for hydroxylation is 1. The van der Waals surface area contributed by atoms with Gasteiger partial charge in [0.25, 0.3) is 5.69 Å². The van der Waals surface area contributed by atoms with Gasteiger partial charge in [0, 0.05) is 30.4 Å². The van der Waals surface area contributed by atoms with E-state index < -0.39 is 4.92 Å². The van der Waals surface area contributed by atoms with E-state index in [0.29, 0.717) is 5.56 Å². The summed E-state index contributed by atoms with van der Waals surface area (Å²) >= 11 is 0. The van der Waals surface area contributed by atoms with Crippen molar-refractivity contribution in [1.82, 2.24) is 20.4 Å². The van der Waals surface area contributed by atoms with Gasteiger partial charge in [0.15, 0.2) is 0 Å². The Labute approximate surface area is 145 Å². The zero-order valence-electron chi connectivity index (χ0n) is 14.2. The minimum atomic E-state index is -0.442. The van der Waals surface area contributed by atoms with Crippen molar-refractivity contribution in [3.63, 3.8) is 0 Å². The molecule has 2 atom stereocenters. The van der Waals surface area contributed by atoms with Crippen LogP contribution in [-0.2, 0) is 13.5 Å². The monoisotopic (exact) mass is 343 g/mol. The summed E-state index contributed by atoms with van der Waals surface area (Å²) < 4.78 is 1.85. The van der Waals surface area contributed by atoms with Gasteiger partial charge >= 0.3 is 6.03 Å². The molecule has 0 spiro atoms. The average molecular weight is 343 g/mol. The van der Waals surface area contributed by atoms with E-state index in [-0.39, 0.29) is 23.8 Å². The maximum Gasteiger partial charge on any atom is 0.315 e. The number of nitro groups is 1. The minimum Gasteiger partial charge on any atom is -0.332 e. The third-order valence-corrected chi connectivity index (χ3v) is 4.61. The fourth-order valence-corrected chi connectivity index (χ4v) is 3.24. The quantitative estimate of drug-likeness (QED) is 0.658. The lowest BCUT2D eigenvalue weighted by molar-refractivity contribution is -0.384. The van der Waals surface area contributed by atoms with Crippen LogP contribution in [0.15, 0.2) is 30.5 Å². The van der Waals surface area contributed by atoms with Gasteiger partial charge in [-0.25, -0.2) is 4.79 Å². The van der Waals surface area contributed by atoms with E-state index in [2.05, 4.69) is 15.7 Å². The first kappa shape index (κ1) is 16.9. The van der Waals surface area contributed by atoms with Crippen molar-refractivity contribution in [2.45, 2.75) is 38.3 Å². The molecule has 1 heterocycles. The summed E-state index contributed by atoms with van der Waals surface area (Å²) in [5.41, 5.74) is 2.92. The van der Waals surface area contributed by atoms with Crippen LogP contribution in [0.3, 0.4) is 0 Å². The highest BCUT2D eigenvalue weighted by molar-refractivity contribution is 5.75. The maximum atomic E-state index is 12.3. The number of aromatic nitrogens is 2. The summed E-state index contributed by atoms with van der Waals surface area (Å²) in [6, 6.07) is 5.60. The Bertz CT molecular complexity index is 801. The lowest BCUT2D eigenvalue weighted by Crippen LogP contribution is -2.40. The second kappa shape index (κ2) is 6.92. The van der Waals surface area contributed by atoms with Crippen LogP contribution in [0, 0.1) is 10.1 Å². The van der Waals surface area contributed by atoms with E-state index >= 15 is 0 Å². The number of carbonyl (C=O) groups excluding carboxylic acids is 1. The Kier molecular flexibility index (Phi) is 4.69. The molecule has 3 rings (SSSR count). The number of fused-ring (bicyclic) bond motifs is 1. The Morgan fingerprint density at radius 2 is 2.28 bits per heavy atom. The van der Waals surface area contributed by atoms with Crippen molar-refractivity contribution in [1.29, 1.82) is 0 Å².